The number of halogens is 2. The molecule has 8 nitrogen and oxygen atoms in total. The monoisotopic (exact) mass is 467 g/mol. The summed E-state index contributed by atoms with van der Waals surface area (Å²) in [4.78, 5) is 36.3. The summed E-state index contributed by atoms with van der Waals surface area (Å²) in [5.74, 6) is -1.94. The van der Waals surface area contributed by atoms with Gasteiger partial charge in [-0.25, -0.2) is 9.40 Å². The van der Waals surface area contributed by atoms with Crippen molar-refractivity contribution in [1.82, 2.24) is 5.43 Å². The van der Waals surface area contributed by atoms with Crippen LogP contribution in [0.4, 0.5) is 15.8 Å². The summed E-state index contributed by atoms with van der Waals surface area (Å²) < 4.78 is 18.8. The van der Waals surface area contributed by atoms with Crippen LogP contribution in [0.5, 0.6) is 5.75 Å². The molecular formula is C23H15ClFN3O5. The zero-order valence-corrected chi connectivity index (χ0v) is 17.6. The number of hydrogen-bond acceptors (Lipinski definition) is 5. The second kappa shape index (κ2) is 9.09. The van der Waals surface area contributed by atoms with Gasteiger partial charge in [0.25, 0.3) is 11.8 Å². The molecule has 0 aromatic heterocycles. The topological polar surface area (TPSA) is 102 Å². The molecule has 0 atom stereocenters. The third-order valence-electron chi connectivity index (χ3n) is 4.76. The highest BCUT2D eigenvalue weighted by Crippen LogP contribution is 2.37. The quantitative estimate of drug-likeness (QED) is 0.250. The lowest BCUT2D eigenvalue weighted by molar-refractivity contribution is -0.385. The van der Waals surface area contributed by atoms with Crippen LogP contribution in [0, 0.1) is 15.9 Å². The fourth-order valence-corrected chi connectivity index (χ4v) is 3.43. The summed E-state index contributed by atoms with van der Waals surface area (Å²) >= 11 is 6.06. The number of nitro groups is 1. The van der Waals surface area contributed by atoms with Crippen molar-refractivity contribution >= 4 is 40.9 Å². The normalized spacial score (nSPS) is 14.5. The number of hydrogen-bond donors (Lipinski definition) is 1. The molecule has 0 saturated carbocycles. The Bertz CT molecular complexity index is 1280. The summed E-state index contributed by atoms with van der Waals surface area (Å²) in [7, 11) is 0. The lowest BCUT2D eigenvalue weighted by Gasteiger charge is -2.14. The van der Waals surface area contributed by atoms with Gasteiger partial charge in [-0.2, -0.15) is 0 Å². The van der Waals surface area contributed by atoms with Crippen molar-refractivity contribution in [2.75, 3.05) is 5.01 Å². The van der Waals surface area contributed by atoms with Gasteiger partial charge in [0.05, 0.1) is 10.6 Å². The van der Waals surface area contributed by atoms with Crippen molar-refractivity contribution in [3.8, 4) is 5.75 Å². The molecule has 4 rings (SSSR count). The van der Waals surface area contributed by atoms with Crippen LogP contribution in [0.3, 0.4) is 0 Å². The highest BCUT2D eigenvalue weighted by atomic mass is 35.5. The molecule has 1 saturated heterocycles. The minimum atomic E-state index is -0.684. The minimum Gasteiger partial charge on any atom is -0.482 e. The highest BCUT2D eigenvalue weighted by Gasteiger charge is 2.35. The van der Waals surface area contributed by atoms with Crippen molar-refractivity contribution in [2.24, 2.45) is 0 Å². The van der Waals surface area contributed by atoms with E-state index in [1.165, 1.54) is 36.4 Å². The summed E-state index contributed by atoms with van der Waals surface area (Å²) in [6.07, 6.45) is 1.19. The molecule has 0 unspecified atom stereocenters. The van der Waals surface area contributed by atoms with E-state index in [2.05, 4.69) is 5.43 Å². The van der Waals surface area contributed by atoms with Crippen LogP contribution in [-0.2, 0) is 16.2 Å². The number of nitro benzene ring substituents is 1. The van der Waals surface area contributed by atoms with Gasteiger partial charge in [-0.3, -0.25) is 25.1 Å². The average Bonchev–Trinajstić information content (AvgIpc) is 3.08. The fraction of sp³-hybridized carbons (Fsp3) is 0.0435. The summed E-state index contributed by atoms with van der Waals surface area (Å²) in [6.45, 7) is -0.116. The van der Waals surface area contributed by atoms with Crippen LogP contribution in [0.1, 0.15) is 11.1 Å². The number of anilines is 1. The van der Waals surface area contributed by atoms with Crippen LogP contribution in [0.25, 0.3) is 6.08 Å². The number of carbonyl (C=O) groups is 2. The van der Waals surface area contributed by atoms with E-state index in [9.17, 15) is 24.1 Å². The molecule has 1 fully saturated rings. The lowest BCUT2D eigenvalue weighted by Crippen LogP contribution is -2.35. The molecule has 1 heterocycles. The van der Waals surface area contributed by atoms with Gasteiger partial charge < -0.3 is 4.74 Å². The number of rotatable bonds is 6. The number of hydrazine groups is 1. The zero-order chi connectivity index (χ0) is 23.5. The van der Waals surface area contributed by atoms with E-state index in [1.807, 2.05) is 0 Å². The molecule has 0 bridgehead atoms. The molecule has 1 aliphatic rings. The second-order valence-corrected chi connectivity index (χ2v) is 7.43. The van der Waals surface area contributed by atoms with Gasteiger partial charge in [0, 0.05) is 16.7 Å². The number of carbonyl (C=O) groups excluding carboxylic acids is 2. The Kier molecular flexibility index (Phi) is 6.05. The Labute approximate surface area is 192 Å². The molecular weight excluding hydrogens is 453 g/mol. The number of benzene rings is 3. The van der Waals surface area contributed by atoms with Crippen molar-refractivity contribution in [3.63, 3.8) is 0 Å². The number of para-hydroxylation sites is 1. The van der Waals surface area contributed by atoms with Crippen LogP contribution in [0.2, 0.25) is 5.02 Å². The predicted molar refractivity (Wildman–Crippen MR) is 119 cm³/mol. The van der Waals surface area contributed by atoms with E-state index in [4.69, 9.17) is 16.3 Å². The van der Waals surface area contributed by atoms with Gasteiger partial charge in [-0.1, -0.05) is 41.9 Å². The number of ether oxygens (including phenoxy) is 1. The van der Waals surface area contributed by atoms with Crippen molar-refractivity contribution in [2.45, 2.75) is 6.61 Å². The van der Waals surface area contributed by atoms with Gasteiger partial charge in [0.15, 0.2) is 0 Å². The molecule has 0 radical (unpaired) electrons. The van der Waals surface area contributed by atoms with Gasteiger partial charge in [0.1, 0.15) is 18.0 Å². The van der Waals surface area contributed by atoms with Gasteiger partial charge in [-0.05, 0) is 42.0 Å². The van der Waals surface area contributed by atoms with Crippen LogP contribution in [0.15, 0.2) is 72.3 Å². The Hall–Kier alpha value is -4.24. The Morgan fingerprint density at radius 3 is 2.45 bits per heavy atom. The minimum absolute atomic E-state index is 0.0217. The van der Waals surface area contributed by atoms with E-state index in [0.717, 1.165) is 11.1 Å². The van der Waals surface area contributed by atoms with Crippen LogP contribution >= 0.6 is 11.6 Å². The standard InChI is InChI=1S/C23H15ClFN3O5/c24-16-10-15(11-19-22(29)26-27(23(19)30)18-4-2-1-3-5-18)21(20(12-16)28(31)32)33-13-14-6-8-17(25)9-7-14/h1-12H,13H2,(H,26,29)/b19-11-. The van der Waals surface area contributed by atoms with Crippen LogP contribution < -0.4 is 15.2 Å². The molecule has 1 aliphatic heterocycles. The number of nitrogens with one attached hydrogen (secondary N) is 1. The fourth-order valence-electron chi connectivity index (χ4n) is 3.21. The largest absolute Gasteiger partial charge is 0.482 e. The van der Waals surface area contributed by atoms with Gasteiger partial charge >= 0.3 is 5.69 Å². The lowest BCUT2D eigenvalue weighted by atomic mass is 10.1. The maximum Gasteiger partial charge on any atom is 0.313 e. The first-order chi connectivity index (χ1) is 15.8. The van der Waals surface area contributed by atoms with Gasteiger partial charge in [0.2, 0.25) is 5.75 Å². The van der Waals surface area contributed by atoms with E-state index in [-0.39, 0.29) is 28.5 Å². The first-order valence-electron chi connectivity index (χ1n) is 9.61. The van der Waals surface area contributed by atoms with Crippen molar-refractivity contribution in [1.29, 1.82) is 0 Å². The predicted octanol–water partition coefficient (Wildman–Crippen LogP) is 4.43. The summed E-state index contributed by atoms with van der Waals surface area (Å²) in [6, 6.07) is 16.3. The van der Waals surface area contributed by atoms with Gasteiger partial charge in [-0.15, -0.1) is 0 Å². The third kappa shape index (κ3) is 4.68. The maximum absolute atomic E-state index is 13.2. The number of nitrogens with zero attached hydrogens (tertiary/aromatic N) is 2. The Morgan fingerprint density at radius 1 is 1.09 bits per heavy atom. The SMILES string of the molecule is O=C1NN(c2ccccc2)C(=O)/C1=C\c1cc(Cl)cc([N+](=O)[O-])c1OCc1ccc(F)cc1. The van der Waals surface area contributed by atoms with E-state index in [0.29, 0.717) is 11.3 Å². The smallest absolute Gasteiger partial charge is 0.313 e. The molecule has 2 amide bonds. The third-order valence-corrected chi connectivity index (χ3v) is 4.98. The summed E-state index contributed by atoms with van der Waals surface area (Å²) in [5, 5.41) is 12.7. The Balaban J connectivity index is 1.72. The van der Waals surface area contributed by atoms with Crippen molar-refractivity contribution < 1.29 is 23.6 Å². The van der Waals surface area contributed by atoms with Crippen LogP contribution in [-0.4, -0.2) is 16.7 Å². The second-order valence-electron chi connectivity index (χ2n) is 6.99. The molecule has 1 N–H and O–H groups in total. The van der Waals surface area contributed by atoms with E-state index in [1.54, 1.807) is 30.3 Å². The zero-order valence-electron chi connectivity index (χ0n) is 16.8. The molecule has 0 aliphatic carbocycles. The average molecular weight is 468 g/mol. The highest BCUT2D eigenvalue weighted by molar-refractivity contribution is 6.32. The molecule has 3 aromatic rings. The number of amides is 2. The molecule has 33 heavy (non-hydrogen) atoms. The first-order valence-corrected chi connectivity index (χ1v) is 9.98. The Morgan fingerprint density at radius 2 is 1.79 bits per heavy atom. The molecule has 0 spiro atoms. The molecule has 166 valence electrons. The van der Waals surface area contributed by atoms with E-state index >= 15 is 0 Å². The van der Waals surface area contributed by atoms with Crippen molar-refractivity contribution in [3.05, 3.63) is 104 Å². The van der Waals surface area contributed by atoms with E-state index < -0.39 is 28.2 Å². The molecule has 3 aromatic carbocycles. The first kappa shape index (κ1) is 22.0. The summed E-state index contributed by atoms with van der Waals surface area (Å²) in [5.41, 5.74) is 2.85. The maximum atomic E-state index is 13.2. The molecule has 10 heteroatoms.